The van der Waals surface area contributed by atoms with E-state index in [4.69, 9.17) is 5.11 Å². The molecule has 132 valence electrons. The van der Waals surface area contributed by atoms with Gasteiger partial charge in [0.15, 0.2) is 0 Å². The van der Waals surface area contributed by atoms with E-state index in [0.717, 1.165) is 21.8 Å². The number of rotatable bonds is 3. The molecule has 1 saturated heterocycles. The number of carbonyl (C=O) groups is 2. The van der Waals surface area contributed by atoms with Gasteiger partial charge >= 0.3 is 12.1 Å². The second-order valence-electron chi connectivity index (χ2n) is 5.57. The Morgan fingerprint density at radius 1 is 1.24 bits per heavy atom. The van der Waals surface area contributed by atoms with Crippen molar-refractivity contribution in [1.29, 1.82) is 0 Å². The molecule has 2 aromatic heterocycles. The largest absolute Gasteiger partial charge is 0.481 e. The van der Waals surface area contributed by atoms with Gasteiger partial charge in [-0.25, -0.2) is 4.98 Å². The lowest BCUT2D eigenvalue weighted by molar-refractivity contribution is -0.187. The molecule has 25 heavy (non-hydrogen) atoms. The van der Waals surface area contributed by atoms with E-state index < -0.39 is 43.0 Å². The number of aliphatic carboxylic acids is 1. The van der Waals surface area contributed by atoms with Crippen LogP contribution in [0.25, 0.3) is 10.6 Å². The van der Waals surface area contributed by atoms with Gasteiger partial charge in [0.05, 0.1) is 18.0 Å². The number of hydrogen-bond donors (Lipinski definition) is 1. The maximum Gasteiger partial charge on any atom is 0.394 e. The minimum Gasteiger partial charge on any atom is -0.481 e. The van der Waals surface area contributed by atoms with Gasteiger partial charge in [-0.3, -0.25) is 14.6 Å². The van der Waals surface area contributed by atoms with Crippen molar-refractivity contribution in [3.05, 3.63) is 35.6 Å². The zero-order chi connectivity index (χ0) is 18.2. The lowest BCUT2D eigenvalue weighted by Gasteiger charge is -2.18. The van der Waals surface area contributed by atoms with E-state index in [1.807, 2.05) is 0 Å². The van der Waals surface area contributed by atoms with Gasteiger partial charge in [-0.1, -0.05) is 0 Å². The molecule has 3 rings (SSSR count). The van der Waals surface area contributed by atoms with Crippen molar-refractivity contribution in [2.45, 2.75) is 6.18 Å². The molecule has 1 N–H and O–H groups in total. The van der Waals surface area contributed by atoms with E-state index in [0.29, 0.717) is 5.01 Å². The average Bonchev–Trinajstić information content (AvgIpc) is 3.22. The number of pyridine rings is 1. The van der Waals surface area contributed by atoms with Crippen LogP contribution in [0.15, 0.2) is 30.7 Å². The highest BCUT2D eigenvalue weighted by atomic mass is 32.1. The average molecular weight is 371 g/mol. The number of likely N-dealkylation sites (tertiary alicyclic amines) is 1. The molecule has 1 aliphatic heterocycles. The molecule has 0 unspecified atom stereocenters. The summed E-state index contributed by atoms with van der Waals surface area (Å²) in [6.45, 7) is -1.14. The zero-order valence-electron chi connectivity index (χ0n) is 12.6. The third kappa shape index (κ3) is 3.48. The molecule has 0 aromatic carbocycles. The molecule has 2 atom stereocenters. The molecule has 0 radical (unpaired) electrons. The Morgan fingerprint density at radius 2 is 1.92 bits per heavy atom. The first kappa shape index (κ1) is 17.3. The fourth-order valence-electron chi connectivity index (χ4n) is 2.71. The quantitative estimate of drug-likeness (QED) is 0.897. The standard InChI is InChI=1S/C15H12F3N3O3S/c16-15(17,18)10-7-21(6-9(10)14(23)24)13(22)11-5-20-12(25-11)8-1-3-19-4-2-8/h1-5,9-10H,6-7H2,(H,23,24)/t9-,10-/m1/s1. The predicted molar refractivity (Wildman–Crippen MR) is 81.9 cm³/mol. The third-order valence-electron chi connectivity index (χ3n) is 3.99. The Kier molecular flexibility index (Phi) is 4.46. The first-order chi connectivity index (χ1) is 11.8. The molecule has 2 aromatic rings. The van der Waals surface area contributed by atoms with Crippen molar-refractivity contribution >= 4 is 23.2 Å². The van der Waals surface area contributed by atoms with E-state index in [2.05, 4.69) is 9.97 Å². The number of carboxylic acids is 1. The van der Waals surface area contributed by atoms with Crippen molar-refractivity contribution in [3.8, 4) is 10.6 Å². The minimum absolute atomic E-state index is 0.166. The molecule has 0 saturated carbocycles. The second-order valence-corrected chi connectivity index (χ2v) is 6.60. The highest BCUT2D eigenvalue weighted by molar-refractivity contribution is 7.16. The number of carboxylic acid groups (broad SMARTS) is 1. The fraction of sp³-hybridized carbons (Fsp3) is 0.333. The molecule has 1 fully saturated rings. The molecular weight excluding hydrogens is 359 g/mol. The summed E-state index contributed by atoms with van der Waals surface area (Å²) in [5, 5.41) is 9.55. The van der Waals surface area contributed by atoms with Crippen LogP contribution in [0.5, 0.6) is 0 Å². The summed E-state index contributed by atoms with van der Waals surface area (Å²) in [6.07, 6.45) is -0.262. The first-order valence-electron chi connectivity index (χ1n) is 7.22. The summed E-state index contributed by atoms with van der Waals surface area (Å²) in [6, 6.07) is 3.40. The van der Waals surface area contributed by atoms with Crippen LogP contribution >= 0.6 is 11.3 Å². The fourth-order valence-corrected chi connectivity index (χ4v) is 3.60. The lowest BCUT2D eigenvalue weighted by atomic mass is 9.96. The number of halogens is 3. The molecule has 6 nitrogen and oxygen atoms in total. The smallest absolute Gasteiger partial charge is 0.394 e. The van der Waals surface area contributed by atoms with Crippen LogP contribution in [-0.4, -0.2) is 51.1 Å². The second kappa shape index (κ2) is 6.43. The number of hydrogen-bond acceptors (Lipinski definition) is 5. The predicted octanol–water partition coefficient (Wildman–Crippen LogP) is 2.54. The van der Waals surface area contributed by atoms with Gasteiger partial charge < -0.3 is 10.0 Å². The monoisotopic (exact) mass is 371 g/mol. The van der Waals surface area contributed by atoms with Gasteiger partial charge in [0.2, 0.25) is 0 Å². The van der Waals surface area contributed by atoms with Gasteiger partial charge in [-0.2, -0.15) is 13.2 Å². The van der Waals surface area contributed by atoms with Crippen LogP contribution in [0.4, 0.5) is 13.2 Å². The first-order valence-corrected chi connectivity index (χ1v) is 8.04. The Labute approximate surface area is 143 Å². The van der Waals surface area contributed by atoms with Gasteiger partial charge in [0.1, 0.15) is 9.88 Å². The van der Waals surface area contributed by atoms with E-state index >= 15 is 0 Å². The van der Waals surface area contributed by atoms with Crippen molar-refractivity contribution in [2.75, 3.05) is 13.1 Å². The number of alkyl halides is 3. The van der Waals surface area contributed by atoms with E-state index in [1.54, 1.807) is 24.5 Å². The Balaban J connectivity index is 1.80. The van der Waals surface area contributed by atoms with Crippen molar-refractivity contribution in [1.82, 2.24) is 14.9 Å². The number of amides is 1. The molecule has 0 aliphatic carbocycles. The number of nitrogens with zero attached hydrogens (tertiary/aromatic N) is 3. The third-order valence-corrected chi connectivity index (χ3v) is 5.02. The van der Waals surface area contributed by atoms with Gasteiger partial charge in [0.25, 0.3) is 5.91 Å². The van der Waals surface area contributed by atoms with Gasteiger partial charge in [-0.15, -0.1) is 11.3 Å². The van der Waals surface area contributed by atoms with E-state index in [9.17, 15) is 22.8 Å². The zero-order valence-corrected chi connectivity index (χ0v) is 13.4. The topological polar surface area (TPSA) is 83.4 Å². The van der Waals surface area contributed by atoms with Crippen LogP contribution in [0, 0.1) is 11.8 Å². The number of aromatic nitrogens is 2. The minimum atomic E-state index is -4.67. The molecule has 10 heteroatoms. The van der Waals surface area contributed by atoms with Crippen LogP contribution in [-0.2, 0) is 4.79 Å². The Hall–Kier alpha value is -2.49. The highest BCUT2D eigenvalue weighted by Crippen LogP contribution is 2.38. The maximum absolute atomic E-state index is 13.0. The molecule has 1 amide bonds. The highest BCUT2D eigenvalue weighted by Gasteiger charge is 2.53. The Morgan fingerprint density at radius 3 is 2.48 bits per heavy atom. The van der Waals surface area contributed by atoms with E-state index in [-0.39, 0.29) is 4.88 Å². The summed E-state index contributed by atoms with van der Waals surface area (Å²) in [4.78, 5) is 32.6. The molecule has 0 bridgehead atoms. The molecule has 3 heterocycles. The molecule has 1 aliphatic rings. The van der Waals surface area contributed by atoms with Crippen LogP contribution in [0.3, 0.4) is 0 Å². The summed E-state index contributed by atoms with van der Waals surface area (Å²) in [7, 11) is 0. The summed E-state index contributed by atoms with van der Waals surface area (Å²) >= 11 is 1.04. The summed E-state index contributed by atoms with van der Waals surface area (Å²) < 4.78 is 39.1. The van der Waals surface area contributed by atoms with Gasteiger partial charge in [-0.05, 0) is 12.1 Å². The normalized spacial score (nSPS) is 20.7. The van der Waals surface area contributed by atoms with Crippen molar-refractivity contribution in [2.24, 2.45) is 11.8 Å². The van der Waals surface area contributed by atoms with Crippen molar-refractivity contribution in [3.63, 3.8) is 0 Å². The number of carbonyl (C=O) groups excluding carboxylic acids is 1. The van der Waals surface area contributed by atoms with Crippen molar-refractivity contribution < 1.29 is 27.9 Å². The summed E-state index contributed by atoms with van der Waals surface area (Å²) in [5.41, 5.74) is 0.733. The lowest BCUT2D eigenvalue weighted by Crippen LogP contribution is -2.34. The van der Waals surface area contributed by atoms with Crippen LogP contribution in [0.1, 0.15) is 9.67 Å². The SMILES string of the molecule is O=C(O)[C@@H]1CN(C(=O)c2cnc(-c3ccncc3)s2)C[C@H]1C(F)(F)F. The Bertz CT molecular complexity index is 794. The van der Waals surface area contributed by atoms with Crippen LogP contribution < -0.4 is 0 Å². The number of thiazole rings is 1. The van der Waals surface area contributed by atoms with E-state index in [1.165, 1.54) is 6.20 Å². The molecule has 0 spiro atoms. The van der Waals surface area contributed by atoms with Crippen LogP contribution in [0.2, 0.25) is 0 Å². The summed E-state index contributed by atoms with van der Waals surface area (Å²) in [5.74, 6) is -5.92. The maximum atomic E-state index is 13.0. The molecular formula is C15H12F3N3O3S. The van der Waals surface area contributed by atoms with Gasteiger partial charge in [0, 0.05) is 31.0 Å².